The summed E-state index contributed by atoms with van der Waals surface area (Å²) < 4.78 is 0. The molecule has 0 bridgehead atoms. The van der Waals surface area contributed by atoms with Crippen molar-refractivity contribution in [3.63, 3.8) is 0 Å². The number of hydrogen-bond donors (Lipinski definition) is 2. The van der Waals surface area contributed by atoms with Gasteiger partial charge in [-0.3, -0.25) is 10.1 Å². The molecule has 2 aliphatic rings. The molecule has 2 heterocycles. The number of nitrogens with one attached hydrogen (secondary N) is 1. The largest absolute Gasteiger partial charge is 1.00 e. The second-order valence-electron chi connectivity index (χ2n) is 3.96. The van der Waals surface area contributed by atoms with Crippen molar-refractivity contribution < 1.29 is 49.4 Å². The van der Waals surface area contributed by atoms with Crippen LogP contribution in [0.25, 0.3) is 0 Å². The number of amides is 1. The number of aliphatic hydroxyl groups excluding tert-OH is 1. The second kappa shape index (κ2) is 6.40. The summed E-state index contributed by atoms with van der Waals surface area (Å²) in [7, 11) is 0. The standard InChI is InChI=1S/C9H14N2O4S.Na/c12-7-2-1-5(10-7)8(13)11-4-16-3-6(11)9(14)15;/h5-7,10,12H,1-4H2,(H,14,15);/q;+1/p-1/t5-,6-,7-;/m0./s1. The molecule has 0 aliphatic carbocycles. The van der Waals surface area contributed by atoms with Gasteiger partial charge < -0.3 is 19.9 Å². The van der Waals surface area contributed by atoms with Gasteiger partial charge in [-0.2, -0.15) is 0 Å². The van der Waals surface area contributed by atoms with Crippen molar-refractivity contribution in [3.8, 4) is 0 Å². The predicted molar refractivity (Wildman–Crippen MR) is 55.1 cm³/mol. The Kier molecular flexibility index (Phi) is 5.75. The molecule has 0 radical (unpaired) electrons. The van der Waals surface area contributed by atoms with Crippen molar-refractivity contribution in [2.75, 3.05) is 11.6 Å². The van der Waals surface area contributed by atoms with E-state index >= 15 is 0 Å². The van der Waals surface area contributed by atoms with Crippen LogP contribution in [0.1, 0.15) is 12.8 Å². The van der Waals surface area contributed by atoms with Gasteiger partial charge in [0.1, 0.15) is 6.23 Å². The molecule has 0 aromatic carbocycles. The second-order valence-corrected chi connectivity index (χ2v) is 4.95. The van der Waals surface area contributed by atoms with Crippen molar-refractivity contribution in [1.82, 2.24) is 10.2 Å². The molecule has 0 saturated carbocycles. The molecule has 2 aliphatic heterocycles. The summed E-state index contributed by atoms with van der Waals surface area (Å²) in [4.78, 5) is 24.1. The van der Waals surface area contributed by atoms with Crippen LogP contribution in [0.3, 0.4) is 0 Å². The molecule has 0 aromatic heterocycles. The van der Waals surface area contributed by atoms with Crippen molar-refractivity contribution in [1.29, 1.82) is 0 Å². The third kappa shape index (κ3) is 3.36. The third-order valence-electron chi connectivity index (χ3n) is 2.86. The summed E-state index contributed by atoms with van der Waals surface area (Å²) in [6.45, 7) is 0. The van der Waals surface area contributed by atoms with Crippen LogP contribution in [-0.4, -0.2) is 51.8 Å². The van der Waals surface area contributed by atoms with Gasteiger partial charge in [0.25, 0.3) is 0 Å². The Hall–Kier alpha value is 0.210. The molecule has 2 saturated heterocycles. The Morgan fingerprint density at radius 1 is 1.41 bits per heavy atom. The van der Waals surface area contributed by atoms with Crippen LogP contribution in [0.4, 0.5) is 0 Å². The van der Waals surface area contributed by atoms with Gasteiger partial charge in [-0.1, -0.05) is 0 Å². The molecule has 90 valence electrons. The van der Waals surface area contributed by atoms with Gasteiger partial charge in [-0.15, -0.1) is 11.8 Å². The van der Waals surface area contributed by atoms with Crippen molar-refractivity contribution in [2.24, 2.45) is 0 Å². The van der Waals surface area contributed by atoms with Gasteiger partial charge in [-0.05, 0) is 12.8 Å². The maximum Gasteiger partial charge on any atom is 1.00 e. The number of carboxylic acids is 1. The van der Waals surface area contributed by atoms with Crippen LogP contribution < -0.4 is 40.0 Å². The number of thioether (sulfide) groups is 1. The van der Waals surface area contributed by atoms with Crippen LogP contribution in [0.15, 0.2) is 0 Å². The molecule has 1 amide bonds. The minimum Gasteiger partial charge on any atom is -0.548 e. The van der Waals surface area contributed by atoms with Gasteiger partial charge in [0.2, 0.25) is 5.91 Å². The maximum atomic E-state index is 12.0. The summed E-state index contributed by atoms with van der Waals surface area (Å²) in [5.41, 5.74) is 0. The van der Waals surface area contributed by atoms with E-state index in [1.54, 1.807) is 0 Å². The minimum absolute atomic E-state index is 0. The fraction of sp³-hybridized carbons (Fsp3) is 0.778. The molecular formula is C9H13N2NaO4S. The molecule has 2 rings (SSSR count). The zero-order chi connectivity index (χ0) is 11.7. The van der Waals surface area contributed by atoms with E-state index < -0.39 is 24.3 Å². The minimum atomic E-state index is -1.21. The van der Waals surface area contributed by atoms with Gasteiger partial charge in [0.15, 0.2) is 0 Å². The number of aliphatic carboxylic acids is 1. The zero-order valence-corrected chi connectivity index (χ0v) is 12.4. The molecule has 2 N–H and O–H groups in total. The zero-order valence-electron chi connectivity index (χ0n) is 9.59. The summed E-state index contributed by atoms with van der Waals surface area (Å²) in [6.07, 6.45) is 0.402. The normalized spacial score (nSPS) is 32.3. The van der Waals surface area contributed by atoms with Crippen molar-refractivity contribution in [2.45, 2.75) is 31.2 Å². The van der Waals surface area contributed by atoms with E-state index in [2.05, 4.69) is 5.32 Å². The molecule has 0 unspecified atom stereocenters. The molecule has 0 spiro atoms. The monoisotopic (exact) mass is 268 g/mol. The first-order valence-electron chi connectivity index (χ1n) is 5.13. The number of aliphatic hydroxyl groups is 1. The summed E-state index contributed by atoms with van der Waals surface area (Å²) in [5.74, 6) is -0.706. The molecule has 3 atom stereocenters. The topological polar surface area (TPSA) is 92.7 Å². The van der Waals surface area contributed by atoms with Gasteiger partial charge in [0.05, 0.1) is 23.9 Å². The van der Waals surface area contributed by atoms with E-state index in [0.29, 0.717) is 24.5 Å². The molecule has 17 heavy (non-hydrogen) atoms. The van der Waals surface area contributed by atoms with Crippen LogP contribution in [0, 0.1) is 0 Å². The summed E-state index contributed by atoms with van der Waals surface area (Å²) in [6, 6.07) is -1.30. The predicted octanol–water partition coefficient (Wildman–Crippen LogP) is -5.29. The number of rotatable bonds is 2. The Morgan fingerprint density at radius 3 is 2.65 bits per heavy atom. The Labute approximate surface area is 125 Å². The quantitative estimate of drug-likeness (QED) is 0.486. The van der Waals surface area contributed by atoms with Crippen molar-refractivity contribution in [3.05, 3.63) is 0 Å². The fourth-order valence-electron chi connectivity index (χ4n) is 1.97. The summed E-state index contributed by atoms with van der Waals surface area (Å²) in [5, 5.41) is 22.8. The van der Waals surface area contributed by atoms with Crippen LogP contribution in [0.2, 0.25) is 0 Å². The van der Waals surface area contributed by atoms with Gasteiger partial charge in [0, 0.05) is 5.75 Å². The van der Waals surface area contributed by atoms with Gasteiger partial charge >= 0.3 is 29.6 Å². The van der Waals surface area contributed by atoms with E-state index in [4.69, 9.17) is 0 Å². The van der Waals surface area contributed by atoms with E-state index in [9.17, 15) is 19.8 Å². The summed E-state index contributed by atoms with van der Waals surface area (Å²) >= 11 is 1.40. The smallest absolute Gasteiger partial charge is 0.548 e. The van der Waals surface area contributed by atoms with E-state index in [0.717, 1.165) is 0 Å². The first kappa shape index (κ1) is 15.3. The Bertz CT molecular complexity index is 317. The fourth-order valence-corrected chi connectivity index (χ4v) is 3.12. The van der Waals surface area contributed by atoms with Crippen LogP contribution in [0.5, 0.6) is 0 Å². The molecular weight excluding hydrogens is 255 g/mol. The number of carbonyl (C=O) groups excluding carboxylic acids is 2. The van der Waals surface area contributed by atoms with Crippen LogP contribution >= 0.6 is 11.8 Å². The Morgan fingerprint density at radius 2 is 2.12 bits per heavy atom. The SMILES string of the molecule is O=C([O-])[C@@H]1CSCN1C(=O)[C@@H]1CC[C@H](O)N1.[Na+]. The number of nitrogens with zero attached hydrogens (tertiary/aromatic N) is 1. The maximum absolute atomic E-state index is 12.0. The average molecular weight is 268 g/mol. The first-order valence-corrected chi connectivity index (χ1v) is 6.28. The number of hydrogen-bond acceptors (Lipinski definition) is 6. The van der Waals surface area contributed by atoms with Gasteiger partial charge in [-0.25, -0.2) is 0 Å². The number of carboxylic acid groups (broad SMARTS) is 1. The van der Waals surface area contributed by atoms with Crippen molar-refractivity contribution >= 4 is 23.6 Å². The third-order valence-corrected chi connectivity index (χ3v) is 3.87. The molecule has 2 fully saturated rings. The first-order chi connectivity index (χ1) is 7.59. The van der Waals surface area contributed by atoms with E-state index in [-0.39, 0.29) is 35.5 Å². The molecule has 0 aromatic rings. The molecule has 6 nitrogen and oxygen atoms in total. The van der Waals surface area contributed by atoms with Crippen LogP contribution in [-0.2, 0) is 9.59 Å². The van der Waals surface area contributed by atoms with E-state index in [1.165, 1.54) is 16.7 Å². The molecule has 8 heteroatoms. The number of carbonyl (C=O) groups is 2. The average Bonchev–Trinajstić information content (AvgIpc) is 2.84. The Balaban J connectivity index is 0.00000144. The van der Waals surface area contributed by atoms with E-state index in [1.807, 2.05) is 0 Å².